The summed E-state index contributed by atoms with van der Waals surface area (Å²) in [5.74, 6) is 1.36. The molecule has 0 radical (unpaired) electrons. The third kappa shape index (κ3) is 2.81. The molecule has 0 bridgehead atoms. The first-order valence-corrected chi connectivity index (χ1v) is 7.60. The minimum Gasteiger partial charge on any atom is -0.485 e. The maximum Gasteiger partial charge on any atom is 0.270 e. The van der Waals surface area contributed by atoms with E-state index in [4.69, 9.17) is 9.47 Å². The van der Waals surface area contributed by atoms with E-state index in [-0.39, 0.29) is 12.5 Å². The Bertz CT molecular complexity index is 861. The molecule has 120 valence electrons. The molecule has 24 heavy (non-hydrogen) atoms. The third-order valence-electron chi connectivity index (χ3n) is 3.71. The van der Waals surface area contributed by atoms with Crippen molar-refractivity contribution >= 4 is 11.7 Å². The van der Waals surface area contributed by atoms with Crippen molar-refractivity contribution in [1.82, 2.24) is 10.2 Å². The van der Waals surface area contributed by atoms with Gasteiger partial charge in [-0.25, -0.2) is 0 Å². The minimum atomic E-state index is -0.711. The number of nitrogens with zero attached hydrogens (tertiary/aromatic N) is 1. The molecular weight excluding hydrogens is 306 g/mol. The smallest absolute Gasteiger partial charge is 0.270 e. The lowest BCUT2D eigenvalue weighted by molar-refractivity contribution is -0.125. The summed E-state index contributed by atoms with van der Waals surface area (Å²) >= 11 is 0. The number of para-hydroxylation sites is 2. The maximum absolute atomic E-state index is 12.4. The molecule has 0 fully saturated rings. The van der Waals surface area contributed by atoms with Crippen molar-refractivity contribution in [3.63, 3.8) is 0 Å². The normalized spacial score (nSPS) is 15.8. The molecule has 6 nitrogen and oxygen atoms in total. The fourth-order valence-electron chi connectivity index (χ4n) is 2.51. The monoisotopic (exact) mass is 321 g/mol. The zero-order valence-corrected chi connectivity index (χ0v) is 12.7. The van der Waals surface area contributed by atoms with E-state index in [9.17, 15) is 4.79 Å². The van der Waals surface area contributed by atoms with Crippen LogP contribution in [0.25, 0.3) is 11.3 Å². The topological polar surface area (TPSA) is 76.2 Å². The first-order valence-electron chi connectivity index (χ1n) is 7.60. The standard InChI is InChI=1S/C18H15N3O3/c22-18(16-11-23-14-8-4-5-9-15(14)24-16)19-17-10-13(20-21-17)12-6-2-1-3-7-12/h1-10,16H,11H2,(H2,19,20,21,22). The van der Waals surface area contributed by atoms with Gasteiger partial charge in [-0.15, -0.1) is 0 Å². The summed E-state index contributed by atoms with van der Waals surface area (Å²) in [6.07, 6.45) is -0.711. The first kappa shape index (κ1) is 14.3. The van der Waals surface area contributed by atoms with Crippen molar-refractivity contribution in [2.75, 3.05) is 11.9 Å². The van der Waals surface area contributed by atoms with Gasteiger partial charge in [0.15, 0.2) is 17.3 Å². The van der Waals surface area contributed by atoms with E-state index in [1.807, 2.05) is 48.5 Å². The summed E-state index contributed by atoms with van der Waals surface area (Å²) in [6.45, 7) is 0.165. The van der Waals surface area contributed by atoms with Crippen LogP contribution >= 0.6 is 0 Å². The van der Waals surface area contributed by atoms with Gasteiger partial charge in [0, 0.05) is 6.07 Å². The number of amides is 1. The number of aromatic nitrogens is 2. The molecule has 1 atom stereocenters. The molecule has 1 aliphatic heterocycles. The summed E-state index contributed by atoms with van der Waals surface area (Å²) in [6, 6.07) is 18.8. The van der Waals surface area contributed by atoms with Gasteiger partial charge < -0.3 is 14.8 Å². The van der Waals surface area contributed by atoms with Crippen LogP contribution in [-0.2, 0) is 4.79 Å². The average Bonchev–Trinajstić information content (AvgIpc) is 3.10. The van der Waals surface area contributed by atoms with Gasteiger partial charge in [-0.1, -0.05) is 42.5 Å². The van der Waals surface area contributed by atoms with Gasteiger partial charge in [0.1, 0.15) is 6.61 Å². The highest BCUT2D eigenvalue weighted by molar-refractivity contribution is 5.94. The quantitative estimate of drug-likeness (QED) is 0.778. The SMILES string of the molecule is O=C(Nc1cc(-c2ccccc2)[nH]n1)C1COc2ccccc2O1. The van der Waals surface area contributed by atoms with Crippen molar-refractivity contribution in [2.45, 2.75) is 6.10 Å². The summed E-state index contributed by atoms with van der Waals surface area (Å²) in [5, 5.41) is 9.77. The summed E-state index contributed by atoms with van der Waals surface area (Å²) in [5.41, 5.74) is 1.83. The molecule has 1 amide bonds. The predicted molar refractivity (Wildman–Crippen MR) is 89.0 cm³/mol. The number of carbonyl (C=O) groups is 1. The van der Waals surface area contributed by atoms with E-state index in [0.717, 1.165) is 11.3 Å². The van der Waals surface area contributed by atoms with Gasteiger partial charge in [0.25, 0.3) is 5.91 Å². The van der Waals surface area contributed by atoms with E-state index in [1.165, 1.54) is 0 Å². The maximum atomic E-state index is 12.4. The number of carbonyl (C=O) groups excluding carboxylic acids is 1. The Morgan fingerprint density at radius 3 is 2.67 bits per heavy atom. The number of hydrogen-bond donors (Lipinski definition) is 2. The Hall–Kier alpha value is -3.28. The van der Waals surface area contributed by atoms with E-state index in [2.05, 4.69) is 15.5 Å². The lowest BCUT2D eigenvalue weighted by atomic mass is 10.1. The molecule has 4 rings (SSSR count). The van der Waals surface area contributed by atoms with E-state index < -0.39 is 6.10 Å². The Balaban J connectivity index is 1.45. The Morgan fingerprint density at radius 1 is 1.08 bits per heavy atom. The van der Waals surface area contributed by atoms with Gasteiger partial charge >= 0.3 is 0 Å². The molecule has 1 aromatic heterocycles. The Morgan fingerprint density at radius 2 is 1.83 bits per heavy atom. The van der Waals surface area contributed by atoms with Gasteiger partial charge in [0.05, 0.1) is 5.69 Å². The first-order chi connectivity index (χ1) is 11.8. The fourth-order valence-corrected chi connectivity index (χ4v) is 2.51. The molecule has 3 aromatic rings. The number of anilines is 1. The highest BCUT2D eigenvalue weighted by Gasteiger charge is 2.27. The summed E-state index contributed by atoms with van der Waals surface area (Å²) in [4.78, 5) is 12.4. The van der Waals surface area contributed by atoms with Crippen LogP contribution in [0.5, 0.6) is 11.5 Å². The van der Waals surface area contributed by atoms with Crippen LogP contribution in [0.15, 0.2) is 60.7 Å². The van der Waals surface area contributed by atoms with E-state index in [1.54, 1.807) is 12.1 Å². The number of aromatic amines is 1. The van der Waals surface area contributed by atoms with Gasteiger partial charge in [0.2, 0.25) is 6.10 Å². The van der Waals surface area contributed by atoms with E-state index in [0.29, 0.717) is 17.3 Å². The van der Waals surface area contributed by atoms with Crippen molar-refractivity contribution < 1.29 is 14.3 Å². The lowest BCUT2D eigenvalue weighted by Crippen LogP contribution is -2.40. The van der Waals surface area contributed by atoms with Crippen LogP contribution in [-0.4, -0.2) is 28.8 Å². The average molecular weight is 321 g/mol. The second-order valence-electron chi connectivity index (χ2n) is 5.39. The lowest BCUT2D eigenvalue weighted by Gasteiger charge is -2.25. The number of benzene rings is 2. The molecule has 2 N–H and O–H groups in total. The van der Waals surface area contributed by atoms with Gasteiger partial charge in [-0.3, -0.25) is 9.89 Å². The number of fused-ring (bicyclic) bond motifs is 1. The predicted octanol–water partition coefficient (Wildman–Crippen LogP) is 2.86. The van der Waals surface area contributed by atoms with Crippen LogP contribution in [0, 0.1) is 0 Å². The summed E-state index contributed by atoms with van der Waals surface area (Å²) < 4.78 is 11.2. The summed E-state index contributed by atoms with van der Waals surface area (Å²) in [7, 11) is 0. The second-order valence-corrected chi connectivity index (χ2v) is 5.39. The van der Waals surface area contributed by atoms with Crippen molar-refractivity contribution in [3.8, 4) is 22.8 Å². The number of hydrogen-bond acceptors (Lipinski definition) is 4. The highest BCUT2D eigenvalue weighted by Crippen LogP contribution is 2.31. The highest BCUT2D eigenvalue weighted by atomic mass is 16.6. The minimum absolute atomic E-state index is 0.165. The van der Waals surface area contributed by atoms with Crippen LogP contribution in [0.3, 0.4) is 0 Å². The number of ether oxygens (including phenoxy) is 2. The Labute approximate surface area is 138 Å². The van der Waals surface area contributed by atoms with Crippen LogP contribution in [0.4, 0.5) is 5.82 Å². The molecule has 1 unspecified atom stereocenters. The largest absolute Gasteiger partial charge is 0.485 e. The molecule has 1 aliphatic rings. The Kier molecular flexibility index (Phi) is 3.63. The molecule has 0 saturated carbocycles. The third-order valence-corrected chi connectivity index (χ3v) is 3.71. The number of nitrogens with one attached hydrogen (secondary N) is 2. The zero-order valence-electron chi connectivity index (χ0n) is 12.7. The van der Waals surface area contributed by atoms with Crippen LogP contribution in [0.1, 0.15) is 0 Å². The van der Waals surface area contributed by atoms with Gasteiger partial charge in [-0.05, 0) is 17.7 Å². The molecule has 0 saturated heterocycles. The fraction of sp³-hybridized carbons (Fsp3) is 0.111. The molecule has 2 aromatic carbocycles. The molecular formula is C18H15N3O3. The molecule has 2 heterocycles. The van der Waals surface area contributed by atoms with Crippen molar-refractivity contribution in [2.24, 2.45) is 0 Å². The van der Waals surface area contributed by atoms with Crippen LogP contribution < -0.4 is 14.8 Å². The van der Waals surface area contributed by atoms with Gasteiger partial charge in [-0.2, -0.15) is 5.10 Å². The number of rotatable bonds is 3. The molecule has 0 aliphatic carbocycles. The molecule has 6 heteroatoms. The van der Waals surface area contributed by atoms with Crippen LogP contribution in [0.2, 0.25) is 0 Å². The van der Waals surface area contributed by atoms with Crippen molar-refractivity contribution in [3.05, 3.63) is 60.7 Å². The van der Waals surface area contributed by atoms with E-state index >= 15 is 0 Å². The zero-order chi connectivity index (χ0) is 16.4. The molecule has 0 spiro atoms. The second kappa shape index (κ2) is 6.08. The number of H-pyrrole nitrogens is 1. The van der Waals surface area contributed by atoms with Crippen molar-refractivity contribution in [1.29, 1.82) is 0 Å².